The Balaban J connectivity index is 1.96. The SMILES string of the molecule is CCc1nc(N2CCN(S(=O)(=O)CC)CC2)c2c(n1)c(C)nn2C. The van der Waals surface area contributed by atoms with Gasteiger partial charge in [-0.15, -0.1) is 0 Å². The van der Waals surface area contributed by atoms with Crippen LogP contribution in [0, 0.1) is 6.92 Å². The van der Waals surface area contributed by atoms with Crippen LogP contribution >= 0.6 is 0 Å². The van der Waals surface area contributed by atoms with E-state index in [1.165, 1.54) is 0 Å². The molecule has 1 saturated heterocycles. The molecule has 132 valence electrons. The van der Waals surface area contributed by atoms with Crippen LogP contribution in [-0.4, -0.2) is 64.4 Å². The lowest BCUT2D eigenvalue weighted by Gasteiger charge is -2.34. The largest absolute Gasteiger partial charge is 0.352 e. The van der Waals surface area contributed by atoms with Gasteiger partial charge in [-0.25, -0.2) is 18.4 Å². The van der Waals surface area contributed by atoms with Crippen molar-refractivity contribution in [1.29, 1.82) is 0 Å². The van der Waals surface area contributed by atoms with Gasteiger partial charge in [0, 0.05) is 39.6 Å². The van der Waals surface area contributed by atoms with E-state index in [0.29, 0.717) is 26.2 Å². The molecule has 2 aromatic rings. The minimum Gasteiger partial charge on any atom is -0.352 e. The van der Waals surface area contributed by atoms with Gasteiger partial charge >= 0.3 is 0 Å². The van der Waals surface area contributed by atoms with E-state index in [4.69, 9.17) is 4.98 Å². The highest BCUT2D eigenvalue weighted by atomic mass is 32.2. The molecule has 0 spiro atoms. The van der Waals surface area contributed by atoms with Gasteiger partial charge in [-0.3, -0.25) is 4.68 Å². The zero-order chi connectivity index (χ0) is 17.5. The van der Waals surface area contributed by atoms with Crippen LogP contribution in [0.3, 0.4) is 0 Å². The second-order valence-electron chi connectivity index (χ2n) is 6.01. The fourth-order valence-corrected chi connectivity index (χ4v) is 4.18. The lowest BCUT2D eigenvalue weighted by Crippen LogP contribution is -2.49. The molecule has 0 radical (unpaired) electrons. The lowest BCUT2D eigenvalue weighted by molar-refractivity contribution is 0.384. The summed E-state index contributed by atoms with van der Waals surface area (Å²) in [5, 5.41) is 4.47. The van der Waals surface area contributed by atoms with E-state index in [1.54, 1.807) is 11.2 Å². The van der Waals surface area contributed by atoms with Crippen LogP contribution in [0.25, 0.3) is 11.0 Å². The number of rotatable bonds is 4. The number of aryl methyl sites for hydroxylation is 3. The van der Waals surface area contributed by atoms with Crippen molar-refractivity contribution in [3.05, 3.63) is 11.5 Å². The van der Waals surface area contributed by atoms with E-state index < -0.39 is 10.0 Å². The monoisotopic (exact) mass is 352 g/mol. The molecule has 1 fully saturated rings. The molecule has 0 atom stereocenters. The first-order valence-electron chi connectivity index (χ1n) is 8.30. The Morgan fingerprint density at radius 2 is 1.75 bits per heavy atom. The number of nitrogens with zero attached hydrogens (tertiary/aromatic N) is 6. The third-order valence-corrected chi connectivity index (χ3v) is 6.37. The standard InChI is InChI=1S/C15H24N6O2S/c1-5-12-16-13-11(3)18-19(4)14(13)15(17-12)20-7-9-21(10-8-20)24(22,23)6-2/h5-10H2,1-4H3. The number of sulfonamides is 1. The number of hydrogen-bond donors (Lipinski definition) is 0. The van der Waals surface area contributed by atoms with Crippen LogP contribution in [0.2, 0.25) is 0 Å². The molecular formula is C15H24N6O2S. The van der Waals surface area contributed by atoms with Crippen LogP contribution in [-0.2, 0) is 23.5 Å². The summed E-state index contributed by atoms with van der Waals surface area (Å²) in [5.41, 5.74) is 2.68. The van der Waals surface area contributed by atoms with Crippen molar-refractivity contribution < 1.29 is 8.42 Å². The first-order chi connectivity index (χ1) is 11.4. The minimum atomic E-state index is -3.13. The smallest absolute Gasteiger partial charge is 0.213 e. The normalized spacial score (nSPS) is 16.9. The Morgan fingerprint density at radius 1 is 1.08 bits per heavy atom. The van der Waals surface area contributed by atoms with Crippen molar-refractivity contribution in [3.8, 4) is 0 Å². The Labute approximate surface area is 142 Å². The average Bonchev–Trinajstić information content (AvgIpc) is 2.88. The highest BCUT2D eigenvalue weighted by Gasteiger charge is 2.28. The highest BCUT2D eigenvalue weighted by Crippen LogP contribution is 2.27. The maximum Gasteiger partial charge on any atom is 0.213 e. The van der Waals surface area contributed by atoms with Gasteiger partial charge in [0.2, 0.25) is 10.0 Å². The van der Waals surface area contributed by atoms with Gasteiger partial charge < -0.3 is 4.90 Å². The Bertz CT molecular complexity index is 852. The van der Waals surface area contributed by atoms with Crippen molar-refractivity contribution in [2.75, 3.05) is 36.8 Å². The van der Waals surface area contributed by atoms with Gasteiger partial charge in [0.15, 0.2) is 5.82 Å². The van der Waals surface area contributed by atoms with E-state index in [2.05, 4.69) is 15.0 Å². The van der Waals surface area contributed by atoms with Gasteiger partial charge in [-0.2, -0.15) is 9.40 Å². The van der Waals surface area contributed by atoms with Crippen molar-refractivity contribution in [3.63, 3.8) is 0 Å². The van der Waals surface area contributed by atoms with E-state index in [-0.39, 0.29) is 5.75 Å². The summed E-state index contributed by atoms with van der Waals surface area (Å²) in [5.74, 6) is 1.79. The molecule has 3 heterocycles. The minimum absolute atomic E-state index is 0.145. The molecule has 1 aliphatic heterocycles. The van der Waals surface area contributed by atoms with E-state index in [9.17, 15) is 8.42 Å². The molecule has 2 aromatic heterocycles. The third kappa shape index (κ3) is 2.86. The van der Waals surface area contributed by atoms with E-state index in [1.807, 2.05) is 25.6 Å². The highest BCUT2D eigenvalue weighted by molar-refractivity contribution is 7.89. The second kappa shape index (κ2) is 6.29. The molecule has 24 heavy (non-hydrogen) atoms. The quantitative estimate of drug-likeness (QED) is 0.806. The summed E-state index contributed by atoms with van der Waals surface area (Å²) in [4.78, 5) is 11.5. The van der Waals surface area contributed by atoms with Gasteiger partial charge in [-0.05, 0) is 13.8 Å². The molecule has 0 unspecified atom stereocenters. The summed E-state index contributed by atoms with van der Waals surface area (Å²) in [6.07, 6.45) is 0.751. The zero-order valence-corrected chi connectivity index (χ0v) is 15.5. The summed E-state index contributed by atoms with van der Waals surface area (Å²) < 4.78 is 27.5. The summed E-state index contributed by atoms with van der Waals surface area (Å²) in [6.45, 7) is 7.88. The van der Waals surface area contributed by atoms with Crippen molar-refractivity contribution in [2.24, 2.45) is 7.05 Å². The van der Waals surface area contributed by atoms with Gasteiger partial charge in [0.05, 0.1) is 11.4 Å². The number of piperazine rings is 1. The van der Waals surface area contributed by atoms with Crippen molar-refractivity contribution in [2.45, 2.75) is 27.2 Å². The molecule has 0 aromatic carbocycles. The predicted octanol–water partition coefficient (Wildman–Crippen LogP) is 0.706. The molecule has 0 bridgehead atoms. The fraction of sp³-hybridized carbons (Fsp3) is 0.667. The molecular weight excluding hydrogens is 328 g/mol. The van der Waals surface area contributed by atoms with Crippen LogP contribution < -0.4 is 4.90 Å². The average molecular weight is 352 g/mol. The van der Waals surface area contributed by atoms with Crippen LogP contribution in [0.4, 0.5) is 5.82 Å². The maximum atomic E-state index is 12.0. The number of anilines is 1. The predicted molar refractivity (Wildman–Crippen MR) is 93.7 cm³/mol. The number of fused-ring (bicyclic) bond motifs is 1. The molecule has 8 nitrogen and oxygen atoms in total. The topological polar surface area (TPSA) is 84.2 Å². The second-order valence-corrected chi connectivity index (χ2v) is 8.27. The molecule has 9 heteroatoms. The molecule has 0 aliphatic carbocycles. The van der Waals surface area contributed by atoms with Crippen molar-refractivity contribution >= 4 is 26.9 Å². The van der Waals surface area contributed by atoms with Gasteiger partial charge in [0.1, 0.15) is 16.9 Å². The summed E-state index contributed by atoms with van der Waals surface area (Å²) >= 11 is 0. The number of aromatic nitrogens is 4. The summed E-state index contributed by atoms with van der Waals surface area (Å²) in [6, 6.07) is 0. The van der Waals surface area contributed by atoms with Crippen LogP contribution in [0.5, 0.6) is 0 Å². The fourth-order valence-electron chi connectivity index (χ4n) is 3.10. The van der Waals surface area contributed by atoms with Crippen LogP contribution in [0.1, 0.15) is 25.4 Å². The Morgan fingerprint density at radius 3 is 2.33 bits per heavy atom. The molecule has 0 N–H and O–H groups in total. The molecule has 1 aliphatic rings. The summed E-state index contributed by atoms with van der Waals surface area (Å²) in [7, 11) is -1.24. The van der Waals surface area contributed by atoms with Gasteiger partial charge in [-0.1, -0.05) is 6.92 Å². The Hall–Kier alpha value is -1.74. The molecule has 0 amide bonds. The van der Waals surface area contributed by atoms with E-state index in [0.717, 1.165) is 34.8 Å². The molecule has 3 rings (SSSR count). The number of hydrogen-bond acceptors (Lipinski definition) is 6. The van der Waals surface area contributed by atoms with Gasteiger partial charge in [0.25, 0.3) is 0 Å². The lowest BCUT2D eigenvalue weighted by atomic mass is 10.3. The zero-order valence-electron chi connectivity index (χ0n) is 14.7. The first kappa shape index (κ1) is 17.1. The van der Waals surface area contributed by atoms with Crippen molar-refractivity contribution in [1.82, 2.24) is 24.1 Å². The third-order valence-electron chi connectivity index (χ3n) is 4.49. The Kier molecular flexibility index (Phi) is 4.48. The first-order valence-corrected chi connectivity index (χ1v) is 9.91. The maximum absolute atomic E-state index is 12.0. The van der Waals surface area contributed by atoms with E-state index >= 15 is 0 Å². The van der Waals surface area contributed by atoms with Crippen LogP contribution in [0.15, 0.2) is 0 Å². The molecule has 0 saturated carbocycles.